The Balaban J connectivity index is 2.34. The SMILES string of the molecule is [CH2]C1C2(C)CCC(C2)C1(C)C. The molecule has 0 heterocycles. The van der Waals surface area contributed by atoms with Crippen molar-refractivity contribution in [2.75, 3.05) is 0 Å². The minimum Gasteiger partial charge on any atom is -0.0594 e. The summed E-state index contributed by atoms with van der Waals surface area (Å²) in [4.78, 5) is 0. The van der Waals surface area contributed by atoms with Crippen LogP contribution in [0.15, 0.2) is 0 Å². The first kappa shape index (κ1) is 7.64. The quantitative estimate of drug-likeness (QED) is 0.498. The van der Waals surface area contributed by atoms with E-state index < -0.39 is 0 Å². The number of rotatable bonds is 0. The summed E-state index contributed by atoms with van der Waals surface area (Å²) in [6.45, 7) is 11.6. The topological polar surface area (TPSA) is 0 Å². The van der Waals surface area contributed by atoms with Crippen molar-refractivity contribution in [2.24, 2.45) is 22.7 Å². The van der Waals surface area contributed by atoms with E-state index in [1.165, 1.54) is 19.3 Å². The Hall–Kier alpha value is 0. The molecule has 0 aromatic rings. The van der Waals surface area contributed by atoms with Gasteiger partial charge in [-0.1, -0.05) is 20.8 Å². The molecule has 2 aliphatic carbocycles. The second kappa shape index (κ2) is 1.84. The van der Waals surface area contributed by atoms with Gasteiger partial charge in [-0.3, -0.25) is 0 Å². The molecule has 0 nitrogen and oxygen atoms in total. The second-order valence-corrected chi connectivity index (χ2v) is 5.47. The monoisotopic (exact) mass is 151 g/mol. The lowest BCUT2D eigenvalue weighted by molar-refractivity contribution is 0.111. The van der Waals surface area contributed by atoms with Gasteiger partial charge in [0.15, 0.2) is 0 Å². The molecule has 1 radical (unpaired) electrons. The Kier molecular flexibility index (Phi) is 1.28. The van der Waals surface area contributed by atoms with Crippen LogP contribution in [0, 0.1) is 29.6 Å². The lowest BCUT2D eigenvalue weighted by Crippen LogP contribution is -2.33. The first-order chi connectivity index (χ1) is 4.97. The Morgan fingerprint density at radius 2 is 1.91 bits per heavy atom. The fourth-order valence-electron chi connectivity index (χ4n) is 3.41. The molecule has 2 rings (SSSR count). The van der Waals surface area contributed by atoms with Gasteiger partial charge < -0.3 is 0 Å². The van der Waals surface area contributed by atoms with Gasteiger partial charge in [-0.05, 0) is 48.9 Å². The molecule has 63 valence electrons. The first-order valence-corrected chi connectivity index (χ1v) is 4.80. The highest BCUT2D eigenvalue weighted by atomic mass is 14.6. The van der Waals surface area contributed by atoms with Crippen LogP contribution in [0.5, 0.6) is 0 Å². The van der Waals surface area contributed by atoms with Crippen molar-refractivity contribution in [2.45, 2.75) is 40.0 Å². The Morgan fingerprint density at radius 3 is 2.18 bits per heavy atom. The van der Waals surface area contributed by atoms with Crippen molar-refractivity contribution >= 4 is 0 Å². The zero-order chi connectivity index (χ0) is 8.28. The number of hydrogen-bond donors (Lipinski definition) is 0. The molecule has 0 aromatic heterocycles. The van der Waals surface area contributed by atoms with Gasteiger partial charge in [0.05, 0.1) is 0 Å². The van der Waals surface area contributed by atoms with Gasteiger partial charge in [0.2, 0.25) is 0 Å². The zero-order valence-electron chi connectivity index (χ0n) is 7.98. The van der Waals surface area contributed by atoms with Crippen LogP contribution >= 0.6 is 0 Å². The average molecular weight is 151 g/mol. The molecule has 0 heteroatoms. The smallest absolute Gasteiger partial charge is 0.0289 e. The summed E-state index contributed by atoms with van der Waals surface area (Å²) in [6, 6.07) is 0. The standard InChI is InChI=1S/C11H19/c1-8-10(2,3)9-5-6-11(8,4)7-9/h8-9H,1,5-7H2,2-4H3. The van der Waals surface area contributed by atoms with Gasteiger partial charge in [-0.2, -0.15) is 0 Å². The third-order valence-corrected chi connectivity index (χ3v) is 4.57. The van der Waals surface area contributed by atoms with Crippen LogP contribution in [-0.4, -0.2) is 0 Å². The van der Waals surface area contributed by atoms with Crippen LogP contribution in [0.3, 0.4) is 0 Å². The van der Waals surface area contributed by atoms with Crippen LogP contribution in [0.2, 0.25) is 0 Å². The van der Waals surface area contributed by atoms with Crippen LogP contribution in [0.25, 0.3) is 0 Å². The molecular formula is C11H19. The molecule has 0 spiro atoms. The minimum absolute atomic E-state index is 0.521. The third-order valence-electron chi connectivity index (χ3n) is 4.57. The maximum Gasteiger partial charge on any atom is -0.0289 e. The summed E-state index contributed by atoms with van der Waals surface area (Å²) in [5.74, 6) is 1.66. The Labute approximate surface area is 70.4 Å². The molecule has 3 atom stereocenters. The highest BCUT2D eigenvalue weighted by Crippen LogP contribution is 2.65. The van der Waals surface area contributed by atoms with Crippen LogP contribution in [-0.2, 0) is 0 Å². The van der Waals surface area contributed by atoms with E-state index in [0.717, 1.165) is 5.92 Å². The largest absolute Gasteiger partial charge is 0.0594 e. The molecule has 2 fully saturated rings. The summed E-state index contributed by atoms with van der Waals surface area (Å²) in [7, 11) is 0. The normalized spacial score (nSPS) is 53.5. The molecular weight excluding hydrogens is 132 g/mol. The minimum atomic E-state index is 0.521. The summed E-state index contributed by atoms with van der Waals surface area (Å²) in [5, 5.41) is 0. The summed E-state index contributed by atoms with van der Waals surface area (Å²) >= 11 is 0. The maximum absolute atomic E-state index is 4.34. The highest BCUT2D eigenvalue weighted by molar-refractivity contribution is 5.08. The van der Waals surface area contributed by atoms with E-state index in [1.54, 1.807) is 0 Å². The third kappa shape index (κ3) is 0.761. The van der Waals surface area contributed by atoms with E-state index >= 15 is 0 Å². The summed E-state index contributed by atoms with van der Waals surface area (Å²) < 4.78 is 0. The zero-order valence-corrected chi connectivity index (χ0v) is 7.98. The van der Waals surface area contributed by atoms with E-state index in [4.69, 9.17) is 0 Å². The summed E-state index contributed by atoms with van der Waals surface area (Å²) in [6.07, 6.45) is 4.32. The molecule has 0 saturated heterocycles. The van der Waals surface area contributed by atoms with E-state index in [0.29, 0.717) is 16.7 Å². The van der Waals surface area contributed by atoms with Crippen LogP contribution < -0.4 is 0 Å². The van der Waals surface area contributed by atoms with Crippen molar-refractivity contribution in [3.63, 3.8) is 0 Å². The molecule has 0 aliphatic heterocycles. The Morgan fingerprint density at radius 1 is 1.27 bits per heavy atom. The molecule has 11 heavy (non-hydrogen) atoms. The average Bonchev–Trinajstić information content (AvgIpc) is 2.36. The number of fused-ring (bicyclic) bond motifs is 2. The van der Waals surface area contributed by atoms with Gasteiger partial charge in [0.1, 0.15) is 0 Å². The lowest BCUT2D eigenvalue weighted by atomic mass is 9.65. The molecule has 2 aliphatic rings. The van der Waals surface area contributed by atoms with Crippen molar-refractivity contribution in [3.8, 4) is 0 Å². The highest BCUT2D eigenvalue weighted by Gasteiger charge is 2.56. The van der Waals surface area contributed by atoms with E-state index in [1.807, 2.05) is 0 Å². The van der Waals surface area contributed by atoms with Crippen molar-refractivity contribution in [1.29, 1.82) is 0 Å². The summed E-state index contributed by atoms with van der Waals surface area (Å²) in [5.41, 5.74) is 1.11. The van der Waals surface area contributed by atoms with E-state index in [2.05, 4.69) is 27.7 Å². The van der Waals surface area contributed by atoms with E-state index in [-0.39, 0.29) is 0 Å². The molecule has 2 saturated carbocycles. The molecule has 0 N–H and O–H groups in total. The van der Waals surface area contributed by atoms with Crippen molar-refractivity contribution in [3.05, 3.63) is 6.92 Å². The number of hydrogen-bond acceptors (Lipinski definition) is 0. The maximum atomic E-state index is 4.34. The van der Waals surface area contributed by atoms with Crippen LogP contribution in [0.1, 0.15) is 40.0 Å². The van der Waals surface area contributed by atoms with Crippen LogP contribution in [0.4, 0.5) is 0 Å². The van der Waals surface area contributed by atoms with Gasteiger partial charge in [0.25, 0.3) is 0 Å². The predicted molar refractivity (Wildman–Crippen MR) is 48.1 cm³/mol. The van der Waals surface area contributed by atoms with Crippen molar-refractivity contribution < 1.29 is 0 Å². The molecule has 2 bridgehead atoms. The fourth-order valence-corrected chi connectivity index (χ4v) is 3.41. The second-order valence-electron chi connectivity index (χ2n) is 5.47. The lowest BCUT2D eigenvalue weighted by Gasteiger charge is -2.40. The van der Waals surface area contributed by atoms with Gasteiger partial charge in [-0.25, -0.2) is 0 Å². The van der Waals surface area contributed by atoms with Gasteiger partial charge in [-0.15, -0.1) is 0 Å². The van der Waals surface area contributed by atoms with Crippen molar-refractivity contribution in [1.82, 2.24) is 0 Å². The van der Waals surface area contributed by atoms with E-state index in [9.17, 15) is 0 Å². The first-order valence-electron chi connectivity index (χ1n) is 4.80. The fraction of sp³-hybridized carbons (Fsp3) is 0.909. The predicted octanol–water partition coefficient (Wildman–Crippen LogP) is 3.28. The molecule has 0 aromatic carbocycles. The Bertz CT molecular complexity index is 176. The van der Waals surface area contributed by atoms with Gasteiger partial charge >= 0.3 is 0 Å². The molecule has 0 amide bonds. The van der Waals surface area contributed by atoms with Gasteiger partial charge in [0, 0.05) is 0 Å². The molecule has 3 unspecified atom stereocenters.